The number of benzene rings is 2. The van der Waals surface area contributed by atoms with Crippen molar-refractivity contribution in [2.24, 2.45) is 0 Å². The van der Waals surface area contributed by atoms with Gasteiger partial charge in [-0.25, -0.2) is 4.39 Å². The molecule has 0 spiro atoms. The summed E-state index contributed by atoms with van der Waals surface area (Å²) >= 11 is 0. The summed E-state index contributed by atoms with van der Waals surface area (Å²) in [5.41, 5.74) is 3.71. The number of aromatic nitrogens is 1. The second-order valence-corrected chi connectivity index (χ2v) is 7.87. The number of hydrogen-bond acceptors (Lipinski definition) is 4. The van der Waals surface area contributed by atoms with Crippen molar-refractivity contribution in [3.05, 3.63) is 82.8 Å². The van der Waals surface area contributed by atoms with E-state index in [0.29, 0.717) is 17.9 Å². The molecular formula is C25H27FN4O2. The summed E-state index contributed by atoms with van der Waals surface area (Å²) in [6.45, 7) is 6.09. The van der Waals surface area contributed by atoms with Crippen LogP contribution in [0.2, 0.25) is 0 Å². The highest BCUT2D eigenvalue weighted by Gasteiger charge is 2.21. The van der Waals surface area contributed by atoms with E-state index in [1.165, 1.54) is 12.1 Å². The minimum absolute atomic E-state index is 0.0135. The Hall–Kier alpha value is -3.63. The molecule has 1 unspecified atom stereocenters. The molecule has 0 aliphatic carbocycles. The number of halogens is 1. The first kappa shape index (κ1) is 23.0. The van der Waals surface area contributed by atoms with Gasteiger partial charge in [0.1, 0.15) is 17.7 Å². The van der Waals surface area contributed by atoms with Crippen molar-refractivity contribution >= 4 is 17.4 Å². The average Bonchev–Trinajstić information content (AvgIpc) is 2.98. The van der Waals surface area contributed by atoms with Gasteiger partial charge in [-0.3, -0.25) is 4.79 Å². The summed E-state index contributed by atoms with van der Waals surface area (Å²) in [5, 5.41) is 22.5. The second-order valence-electron chi connectivity index (χ2n) is 7.87. The average molecular weight is 435 g/mol. The molecule has 0 aliphatic heterocycles. The van der Waals surface area contributed by atoms with Crippen LogP contribution in [0.1, 0.15) is 29.3 Å². The molecule has 0 aliphatic rings. The number of amides is 1. The summed E-state index contributed by atoms with van der Waals surface area (Å²) in [5.74, 6) is -0.203. The van der Waals surface area contributed by atoms with Gasteiger partial charge in [0.15, 0.2) is 0 Å². The highest BCUT2D eigenvalue weighted by molar-refractivity contribution is 5.95. The number of anilines is 2. The van der Waals surface area contributed by atoms with Crippen molar-refractivity contribution in [3.8, 4) is 6.07 Å². The number of para-hydroxylation sites is 1. The maximum absolute atomic E-state index is 13.3. The molecular weight excluding hydrogens is 407 g/mol. The molecule has 1 heterocycles. The molecule has 32 heavy (non-hydrogen) atoms. The molecule has 2 N–H and O–H groups in total. The van der Waals surface area contributed by atoms with E-state index in [9.17, 15) is 19.6 Å². The van der Waals surface area contributed by atoms with Gasteiger partial charge in [0.2, 0.25) is 5.91 Å². The normalized spacial score (nSPS) is 11.6. The Bertz CT molecular complexity index is 1120. The fourth-order valence-corrected chi connectivity index (χ4v) is 3.66. The van der Waals surface area contributed by atoms with Gasteiger partial charge in [0.05, 0.1) is 18.2 Å². The van der Waals surface area contributed by atoms with Crippen molar-refractivity contribution in [3.63, 3.8) is 0 Å². The first-order chi connectivity index (χ1) is 15.3. The molecule has 166 valence electrons. The number of nitriles is 1. The van der Waals surface area contributed by atoms with Gasteiger partial charge < -0.3 is 19.9 Å². The summed E-state index contributed by atoms with van der Waals surface area (Å²) in [6.07, 6.45) is -0.621. The Morgan fingerprint density at radius 2 is 1.84 bits per heavy atom. The molecule has 1 atom stereocenters. The fourth-order valence-electron chi connectivity index (χ4n) is 3.66. The van der Waals surface area contributed by atoms with Gasteiger partial charge in [0, 0.05) is 24.5 Å². The van der Waals surface area contributed by atoms with E-state index in [1.807, 2.05) is 48.7 Å². The van der Waals surface area contributed by atoms with E-state index in [4.69, 9.17) is 0 Å². The first-order valence-corrected chi connectivity index (χ1v) is 10.4. The number of nitrogens with one attached hydrogen (secondary N) is 1. The smallest absolute Gasteiger partial charge is 0.245 e. The highest BCUT2D eigenvalue weighted by atomic mass is 19.1. The van der Waals surface area contributed by atoms with Crippen LogP contribution in [-0.4, -0.2) is 34.8 Å². The van der Waals surface area contributed by atoms with Crippen LogP contribution in [0.3, 0.4) is 0 Å². The Balaban J connectivity index is 1.88. The van der Waals surface area contributed by atoms with E-state index < -0.39 is 6.10 Å². The zero-order valence-corrected chi connectivity index (χ0v) is 18.5. The number of nitrogens with zero attached hydrogens (tertiary/aromatic N) is 3. The SMILES string of the molecule is Cc1c(C#N)c(NC(=O)CN(CC(C)O)c2ccccc2)n(Cc2ccc(F)cc2)c1C. The summed E-state index contributed by atoms with van der Waals surface area (Å²) in [4.78, 5) is 14.8. The molecule has 1 aromatic heterocycles. The molecule has 0 saturated heterocycles. The third kappa shape index (κ3) is 5.34. The maximum Gasteiger partial charge on any atom is 0.245 e. The number of rotatable bonds is 8. The summed E-state index contributed by atoms with van der Waals surface area (Å²) in [7, 11) is 0. The minimum atomic E-state index is -0.621. The van der Waals surface area contributed by atoms with Gasteiger partial charge in [0.25, 0.3) is 0 Å². The lowest BCUT2D eigenvalue weighted by Crippen LogP contribution is -2.38. The lowest BCUT2D eigenvalue weighted by atomic mass is 10.2. The van der Waals surface area contributed by atoms with Crippen LogP contribution in [0.15, 0.2) is 54.6 Å². The molecule has 0 bridgehead atoms. The number of aliphatic hydroxyl groups is 1. The van der Waals surface area contributed by atoms with E-state index in [2.05, 4.69) is 11.4 Å². The Kier molecular flexibility index (Phi) is 7.29. The second kappa shape index (κ2) is 10.1. The molecule has 0 fully saturated rings. The third-order valence-corrected chi connectivity index (χ3v) is 5.39. The molecule has 2 aromatic carbocycles. The fraction of sp³-hybridized carbons (Fsp3) is 0.280. The largest absolute Gasteiger partial charge is 0.392 e. The van der Waals surface area contributed by atoms with Crippen molar-refractivity contribution < 1.29 is 14.3 Å². The van der Waals surface area contributed by atoms with Crippen LogP contribution in [0.25, 0.3) is 0 Å². The number of carbonyl (C=O) groups excluding carboxylic acids is 1. The van der Waals surface area contributed by atoms with Crippen molar-refractivity contribution in [2.75, 3.05) is 23.3 Å². The Morgan fingerprint density at radius 1 is 1.19 bits per heavy atom. The van der Waals surface area contributed by atoms with Gasteiger partial charge >= 0.3 is 0 Å². The monoisotopic (exact) mass is 434 g/mol. The van der Waals surface area contributed by atoms with Crippen LogP contribution in [0.5, 0.6) is 0 Å². The lowest BCUT2D eigenvalue weighted by molar-refractivity contribution is -0.115. The molecule has 3 rings (SSSR count). The van der Waals surface area contributed by atoms with Crippen LogP contribution in [0.4, 0.5) is 15.9 Å². The molecule has 3 aromatic rings. The zero-order valence-electron chi connectivity index (χ0n) is 18.5. The number of aliphatic hydroxyl groups excluding tert-OH is 1. The quantitative estimate of drug-likeness (QED) is 0.562. The van der Waals surface area contributed by atoms with Crippen LogP contribution in [0, 0.1) is 31.0 Å². The first-order valence-electron chi connectivity index (χ1n) is 10.4. The molecule has 0 radical (unpaired) electrons. The van der Waals surface area contributed by atoms with Crippen LogP contribution < -0.4 is 10.2 Å². The molecule has 7 heteroatoms. The lowest BCUT2D eigenvalue weighted by Gasteiger charge is -2.25. The zero-order chi connectivity index (χ0) is 23.3. The highest BCUT2D eigenvalue weighted by Crippen LogP contribution is 2.27. The predicted molar refractivity (Wildman–Crippen MR) is 123 cm³/mol. The van der Waals surface area contributed by atoms with Gasteiger partial charge in [-0.15, -0.1) is 0 Å². The Morgan fingerprint density at radius 3 is 2.44 bits per heavy atom. The Labute approximate surface area is 187 Å². The summed E-state index contributed by atoms with van der Waals surface area (Å²) < 4.78 is 15.2. The maximum atomic E-state index is 13.3. The van der Waals surface area contributed by atoms with E-state index in [0.717, 1.165) is 22.5 Å². The van der Waals surface area contributed by atoms with Crippen molar-refractivity contribution in [1.82, 2.24) is 4.57 Å². The third-order valence-electron chi connectivity index (χ3n) is 5.39. The van der Waals surface area contributed by atoms with Crippen LogP contribution in [-0.2, 0) is 11.3 Å². The van der Waals surface area contributed by atoms with Crippen molar-refractivity contribution in [2.45, 2.75) is 33.4 Å². The van der Waals surface area contributed by atoms with E-state index in [1.54, 1.807) is 24.0 Å². The molecule has 0 saturated carbocycles. The van der Waals surface area contributed by atoms with Gasteiger partial charge in [-0.05, 0) is 56.2 Å². The minimum Gasteiger partial charge on any atom is -0.392 e. The predicted octanol–water partition coefficient (Wildman–Crippen LogP) is 3.99. The number of hydrogen-bond donors (Lipinski definition) is 2. The van der Waals surface area contributed by atoms with Crippen LogP contribution >= 0.6 is 0 Å². The molecule has 1 amide bonds. The van der Waals surface area contributed by atoms with Gasteiger partial charge in [-0.2, -0.15) is 5.26 Å². The van der Waals surface area contributed by atoms with Crippen molar-refractivity contribution in [1.29, 1.82) is 5.26 Å². The van der Waals surface area contributed by atoms with Gasteiger partial charge in [-0.1, -0.05) is 30.3 Å². The summed E-state index contributed by atoms with van der Waals surface area (Å²) in [6, 6.07) is 17.7. The van der Waals surface area contributed by atoms with E-state index >= 15 is 0 Å². The molecule has 6 nitrogen and oxygen atoms in total. The topological polar surface area (TPSA) is 81.3 Å². The van der Waals surface area contributed by atoms with E-state index in [-0.39, 0.29) is 24.8 Å². The number of carbonyl (C=O) groups is 1. The standard InChI is InChI=1S/C25H27FN4O2/c1-17(31)14-29(22-7-5-4-6-8-22)16-24(32)28-25-23(13-27)18(2)19(3)30(25)15-20-9-11-21(26)12-10-20/h4-12,17,31H,14-16H2,1-3H3,(H,28,32).